The third kappa shape index (κ3) is 4.61. The number of aliphatic hydroxyl groups excluding tert-OH is 1. The molecule has 1 aromatic heterocycles. The zero-order valence-electron chi connectivity index (χ0n) is 16.1. The lowest BCUT2D eigenvalue weighted by atomic mass is 9.95. The fraction of sp³-hybridized carbons (Fsp3) is 0.333. The summed E-state index contributed by atoms with van der Waals surface area (Å²) >= 11 is 12.2. The first-order chi connectivity index (χ1) is 13.8. The van der Waals surface area contributed by atoms with E-state index in [0.29, 0.717) is 21.1 Å². The largest absolute Gasteiger partial charge is 0.394 e. The van der Waals surface area contributed by atoms with E-state index in [0.717, 1.165) is 0 Å². The zero-order chi connectivity index (χ0) is 21.1. The van der Waals surface area contributed by atoms with Gasteiger partial charge in [0, 0.05) is 33.6 Å². The van der Waals surface area contributed by atoms with Crippen LogP contribution >= 0.6 is 23.2 Å². The molecule has 2 aromatic carbocycles. The molecular formula is C21H21Cl2FN2O3. The molecule has 0 aliphatic heterocycles. The summed E-state index contributed by atoms with van der Waals surface area (Å²) in [4.78, 5) is 17.0. The van der Waals surface area contributed by atoms with Gasteiger partial charge >= 0.3 is 0 Å². The normalized spacial score (nSPS) is 11.6. The second-order valence-electron chi connectivity index (χ2n) is 6.94. The van der Waals surface area contributed by atoms with E-state index >= 15 is 4.39 Å². The molecule has 0 bridgehead atoms. The van der Waals surface area contributed by atoms with Crippen molar-refractivity contribution in [3.8, 4) is 0 Å². The SMILES string of the molecule is CC(C)n1cnc2c(F)c(Cc3ccc(Cl)cc3Cl)c(C(=O)COCCO)cc21. The van der Waals surface area contributed by atoms with E-state index in [1.165, 1.54) is 0 Å². The molecule has 3 rings (SSSR count). The predicted molar refractivity (Wildman–Crippen MR) is 112 cm³/mol. The minimum Gasteiger partial charge on any atom is -0.394 e. The molecule has 5 nitrogen and oxygen atoms in total. The number of fused-ring (bicyclic) bond motifs is 1. The van der Waals surface area contributed by atoms with Crippen molar-refractivity contribution < 1.29 is 19.0 Å². The highest BCUT2D eigenvalue weighted by atomic mass is 35.5. The fourth-order valence-electron chi connectivity index (χ4n) is 3.16. The van der Waals surface area contributed by atoms with Gasteiger partial charge < -0.3 is 14.4 Å². The van der Waals surface area contributed by atoms with Crippen molar-refractivity contribution in [1.82, 2.24) is 9.55 Å². The molecule has 1 N–H and O–H groups in total. The predicted octanol–water partition coefficient (Wildman–Crippen LogP) is 4.85. The van der Waals surface area contributed by atoms with Crippen LogP contribution in [0.5, 0.6) is 0 Å². The first kappa shape index (κ1) is 21.7. The first-order valence-electron chi connectivity index (χ1n) is 9.17. The van der Waals surface area contributed by atoms with Crippen molar-refractivity contribution in [1.29, 1.82) is 0 Å². The molecule has 154 valence electrons. The van der Waals surface area contributed by atoms with E-state index in [1.54, 1.807) is 30.6 Å². The third-order valence-electron chi connectivity index (χ3n) is 4.62. The molecule has 0 saturated heterocycles. The molecule has 0 unspecified atom stereocenters. The number of ether oxygens (including phenoxy) is 1. The zero-order valence-corrected chi connectivity index (χ0v) is 17.6. The van der Waals surface area contributed by atoms with Crippen molar-refractivity contribution in [3.05, 3.63) is 63.1 Å². The Morgan fingerprint density at radius 2 is 2.07 bits per heavy atom. The number of benzene rings is 2. The number of nitrogens with zero attached hydrogens (tertiary/aromatic N) is 2. The molecule has 8 heteroatoms. The second-order valence-corrected chi connectivity index (χ2v) is 7.79. The topological polar surface area (TPSA) is 64.4 Å². The van der Waals surface area contributed by atoms with Gasteiger partial charge in [-0.15, -0.1) is 0 Å². The van der Waals surface area contributed by atoms with Gasteiger partial charge in [-0.1, -0.05) is 29.3 Å². The molecule has 0 atom stereocenters. The van der Waals surface area contributed by atoms with Crippen LogP contribution < -0.4 is 0 Å². The number of Topliss-reactive ketones (excluding diaryl/α,β-unsaturated/α-hetero) is 1. The van der Waals surface area contributed by atoms with Crippen LogP contribution in [0, 0.1) is 5.82 Å². The number of rotatable bonds is 8. The van der Waals surface area contributed by atoms with E-state index in [4.69, 9.17) is 33.0 Å². The summed E-state index contributed by atoms with van der Waals surface area (Å²) in [6.45, 7) is 3.47. The average Bonchev–Trinajstić information content (AvgIpc) is 3.10. The molecule has 0 amide bonds. The number of carbonyl (C=O) groups excluding carboxylic acids is 1. The van der Waals surface area contributed by atoms with Crippen LogP contribution in [-0.2, 0) is 11.2 Å². The number of hydrogen-bond donors (Lipinski definition) is 1. The van der Waals surface area contributed by atoms with Crippen LogP contribution in [0.3, 0.4) is 0 Å². The highest BCUT2D eigenvalue weighted by molar-refractivity contribution is 6.35. The smallest absolute Gasteiger partial charge is 0.188 e. The Bertz CT molecular complexity index is 1050. The van der Waals surface area contributed by atoms with Gasteiger partial charge in [-0.3, -0.25) is 4.79 Å². The maximum absolute atomic E-state index is 15.5. The van der Waals surface area contributed by atoms with Gasteiger partial charge in [0.15, 0.2) is 11.6 Å². The standard InChI is InChI=1S/C21H21Cl2FN2O3/c1-12(2)26-11-25-21-18(26)9-15(19(28)10-29-6-5-27)16(20(21)24)7-13-3-4-14(22)8-17(13)23/h3-4,8-9,11-12,27H,5-7,10H2,1-2H3. The van der Waals surface area contributed by atoms with E-state index in [9.17, 15) is 4.79 Å². The molecular weight excluding hydrogens is 418 g/mol. The highest BCUT2D eigenvalue weighted by Crippen LogP contribution is 2.30. The Morgan fingerprint density at radius 3 is 2.72 bits per heavy atom. The lowest BCUT2D eigenvalue weighted by Crippen LogP contribution is -2.15. The van der Waals surface area contributed by atoms with Crippen LogP contribution in [0.15, 0.2) is 30.6 Å². The van der Waals surface area contributed by atoms with Crippen molar-refractivity contribution in [2.45, 2.75) is 26.3 Å². The van der Waals surface area contributed by atoms with Gasteiger partial charge in [0.25, 0.3) is 0 Å². The maximum atomic E-state index is 15.5. The highest BCUT2D eigenvalue weighted by Gasteiger charge is 2.23. The monoisotopic (exact) mass is 438 g/mol. The minimum atomic E-state index is -0.557. The minimum absolute atomic E-state index is 0.0265. The Balaban J connectivity index is 2.13. The number of aliphatic hydroxyl groups is 1. The summed E-state index contributed by atoms with van der Waals surface area (Å²) in [5.41, 5.74) is 1.79. The van der Waals surface area contributed by atoms with Crippen molar-refractivity contribution in [2.75, 3.05) is 19.8 Å². The number of hydrogen-bond acceptors (Lipinski definition) is 4. The Kier molecular flexibility index (Phi) is 6.90. The molecule has 0 aliphatic rings. The summed E-state index contributed by atoms with van der Waals surface area (Å²) in [7, 11) is 0. The van der Waals surface area contributed by atoms with Gasteiger partial charge in [0.2, 0.25) is 0 Å². The van der Waals surface area contributed by atoms with E-state index in [-0.39, 0.29) is 54.7 Å². The molecule has 29 heavy (non-hydrogen) atoms. The molecule has 0 spiro atoms. The quantitative estimate of drug-likeness (QED) is 0.403. The Hall–Kier alpha value is -1.99. The summed E-state index contributed by atoms with van der Waals surface area (Å²) in [6, 6.07) is 6.64. The van der Waals surface area contributed by atoms with Crippen LogP contribution in [0.2, 0.25) is 10.0 Å². The van der Waals surface area contributed by atoms with Crippen molar-refractivity contribution >= 4 is 40.0 Å². The number of halogens is 3. The third-order valence-corrected chi connectivity index (χ3v) is 5.21. The lowest BCUT2D eigenvalue weighted by Gasteiger charge is -2.14. The van der Waals surface area contributed by atoms with E-state index < -0.39 is 5.82 Å². The Labute approximate surface area is 178 Å². The molecule has 0 saturated carbocycles. The molecule has 3 aromatic rings. The van der Waals surface area contributed by atoms with Gasteiger partial charge in [-0.05, 0) is 37.6 Å². The molecule has 0 fully saturated rings. The van der Waals surface area contributed by atoms with Crippen molar-refractivity contribution in [2.24, 2.45) is 0 Å². The Morgan fingerprint density at radius 1 is 1.31 bits per heavy atom. The summed E-state index contributed by atoms with van der Waals surface area (Å²) < 4.78 is 22.4. The van der Waals surface area contributed by atoms with Gasteiger partial charge in [0.05, 0.1) is 25.1 Å². The molecule has 1 heterocycles. The molecule has 0 radical (unpaired) electrons. The van der Waals surface area contributed by atoms with Crippen molar-refractivity contribution in [3.63, 3.8) is 0 Å². The number of imidazole rings is 1. The second kappa shape index (κ2) is 9.22. The summed E-state index contributed by atoms with van der Waals surface area (Å²) in [6.07, 6.45) is 1.67. The van der Waals surface area contributed by atoms with Gasteiger partial charge in [0.1, 0.15) is 12.1 Å². The number of aromatic nitrogens is 2. The fourth-order valence-corrected chi connectivity index (χ4v) is 3.64. The van der Waals surface area contributed by atoms with E-state index in [1.807, 2.05) is 18.4 Å². The van der Waals surface area contributed by atoms with Crippen LogP contribution in [0.4, 0.5) is 4.39 Å². The first-order valence-corrected chi connectivity index (χ1v) is 9.92. The number of ketones is 1. The maximum Gasteiger partial charge on any atom is 0.188 e. The lowest BCUT2D eigenvalue weighted by molar-refractivity contribution is 0.0663. The van der Waals surface area contributed by atoms with E-state index in [2.05, 4.69) is 4.98 Å². The average molecular weight is 439 g/mol. The van der Waals surface area contributed by atoms with Gasteiger partial charge in [-0.25, -0.2) is 9.37 Å². The van der Waals surface area contributed by atoms with Gasteiger partial charge in [-0.2, -0.15) is 0 Å². The molecule has 0 aliphatic carbocycles. The van der Waals surface area contributed by atoms with Crippen LogP contribution in [0.25, 0.3) is 11.0 Å². The van der Waals surface area contributed by atoms with Crippen LogP contribution in [-0.4, -0.2) is 40.3 Å². The summed E-state index contributed by atoms with van der Waals surface area (Å²) in [5.74, 6) is -0.936. The van der Waals surface area contributed by atoms with Crippen LogP contribution in [0.1, 0.15) is 41.4 Å². The summed E-state index contributed by atoms with van der Waals surface area (Å²) in [5, 5.41) is 9.73. The number of carbonyl (C=O) groups is 1.